The Morgan fingerprint density at radius 3 is 2.44 bits per heavy atom. The molecule has 0 amide bonds. The van der Waals surface area contributed by atoms with E-state index in [0.717, 1.165) is 12.0 Å². The number of hydrogen-bond donors (Lipinski definition) is 0. The van der Waals surface area contributed by atoms with Gasteiger partial charge in [-0.3, -0.25) is 4.79 Å². The van der Waals surface area contributed by atoms with E-state index in [-0.39, 0.29) is 5.97 Å². The number of carbonyl (C=O) groups excluding carboxylic acids is 1. The van der Waals surface area contributed by atoms with Gasteiger partial charge in [0.15, 0.2) is 0 Å². The molecule has 0 fully saturated rings. The Labute approximate surface area is 108 Å². The molecule has 2 rings (SSSR count). The first-order valence-electron chi connectivity index (χ1n) is 6.24. The summed E-state index contributed by atoms with van der Waals surface area (Å²) in [5, 5.41) is 2.37. The molecular formula is C16H18O2. The second-order valence-corrected chi connectivity index (χ2v) is 4.74. The van der Waals surface area contributed by atoms with Crippen LogP contribution in [0.15, 0.2) is 42.5 Å². The molecule has 0 radical (unpaired) electrons. The summed E-state index contributed by atoms with van der Waals surface area (Å²) in [6.07, 6.45) is 0.755. The van der Waals surface area contributed by atoms with Crippen molar-refractivity contribution in [1.82, 2.24) is 0 Å². The highest BCUT2D eigenvalue weighted by molar-refractivity contribution is 5.83. The third-order valence-corrected chi connectivity index (χ3v) is 3.40. The molecule has 94 valence electrons. The lowest BCUT2D eigenvalue weighted by Gasteiger charge is -2.28. The molecule has 2 aromatic carbocycles. The monoisotopic (exact) mass is 242 g/mol. The Bertz CT molecular complexity index is 574. The van der Waals surface area contributed by atoms with E-state index in [1.54, 1.807) is 0 Å². The molecule has 1 atom stereocenters. The molecule has 0 aliphatic rings. The topological polar surface area (TPSA) is 26.3 Å². The average Bonchev–Trinajstić information content (AvgIpc) is 2.37. The molecule has 2 aromatic rings. The molecule has 0 aliphatic carbocycles. The zero-order valence-corrected chi connectivity index (χ0v) is 11.1. The van der Waals surface area contributed by atoms with Gasteiger partial charge in [0.05, 0.1) is 0 Å². The van der Waals surface area contributed by atoms with E-state index in [9.17, 15) is 4.79 Å². The molecular weight excluding hydrogens is 224 g/mol. The first-order chi connectivity index (χ1) is 8.55. The summed E-state index contributed by atoms with van der Waals surface area (Å²) in [4.78, 5) is 11.2. The number of hydrogen-bond acceptors (Lipinski definition) is 2. The van der Waals surface area contributed by atoms with Crippen LogP contribution >= 0.6 is 0 Å². The van der Waals surface area contributed by atoms with Crippen molar-refractivity contribution in [2.45, 2.75) is 32.8 Å². The highest BCUT2D eigenvalue weighted by Gasteiger charge is 2.27. The average molecular weight is 242 g/mol. The van der Waals surface area contributed by atoms with Gasteiger partial charge in [-0.2, -0.15) is 0 Å². The number of fused-ring (bicyclic) bond motifs is 1. The molecule has 18 heavy (non-hydrogen) atoms. The van der Waals surface area contributed by atoms with Gasteiger partial charge in [-0.1, -0.05) is 43.3 Å². The van der Waals surface area contributed by atoms with Crippen LogP contribution in [0.25, 0.3) is 10.8 Å². The lowest BCUT2D eigenvalue weighted by atomic mass is 9.91. The molecule has 0 spiro atoms. The normalized spacial score (nSPS) is 14.2. The van der Waals surface area contributed by atoms with Crippen LogP contribution in [0.1, 0.15) is 32.8 Å². The second-order valence-electron chi connectivity index (χ2n) is 4.74. The maximum Gasteiger partial charge on any atom is 0.303 e. The molecule has 0 saturated heterocycles. The van der Waals surface area contributed by atoms with E-state index in [1.807, 2.05) is 32.0 Å². The first kappa shape index (κ1) is 12.6. The van der Waals surface area contributed by atoms with Gasteiger partial charge < -0.3 is 4.74 Å². The Kier molecular flexibility index (Phi) is 3.37. The Balaban J connectivity index is 2.48. The van der Waals surface area contributed by atoms with Gasteiger partial charge in [0, 0.05) is 6.92 Å². The Hall–Kier alpha value is -1.83. The van der Waals surface area contributed by atoms with Crippen LogP contribution in [-0.2, 0) is 15.1 Å². The first-order valence-corrected chi connectivity index (χ1v) is 6.24. The summed E-state index contributed by atoms with van der Waals surface area (Å²) in [6, 6.07) is 14.4. The van der Waals surface area contributed by atoms with E-state index in [4.69, 9.17) is 4.74 Å². The zero-order chi connectivity index (χ0) is 13.2. The van der Waals surface area contributed by atoms with Crippen LogP contribution in [0, 0.1) is 0 Å². The van der Waals surface area contributed by atoms with Crippen molar-refractivity contribution in [3.05, 3.63) is 48.0 Å². The van der Waals surface area contributed by atoms with Crippen LogP contribution in [-0.4, -0.2) is 5.97 Å². The molecule has 0 heterocycles. The van der Waals surface area contributed by atoms with Crippen molar-refractivity contribution in [3.8, 4) is 0 Å². The summed E-state index contributed by atoms with van der Waals surface area (Å²) >= 11 is 0. The van der Waals surface area contributed by atoms with E-state index < -0.39 is 5.60 Å². The van der Waals surface area contributed by atoms with E-state index in [0.29, 0.717) is 0 Å². The number of ether oxygens (including phenoxy) is 1. The molecule has 0 bridgehead atoms. The second kappa shape index (κ2) is 4.81. The van der Waals surface area contributed by atoms with E-state index >= 15 is 0 Å². The van der Waals surface area contributed by atoms with Crippen molar-refractivity contribution in [3.63, 3.8) is 0 Å². The van der Waals surface area contributed by atoms with Gasteiger partial charge in [0.1, 0.15) is 5.60 Å². The minimum absolute atomic E-state index is 0.243. The van der Waals surface area contributed by atoms with Gasteiger partial charge in [-0.05, 0) is 35.7 Å². The third kappa shape index (κ3) is 2.37. The van der Waals surface area contributed by atoms with Crippen molar-refractivity contribution < 1.29 is 9.53 Å². The smallest absolute Gasteiger partial charge is 0.303 e. The van der Waals surface area contributed by atoms with Gasteiger partial charge in [-0.15, -0.1) is 0 Å². The predicted octanol–water partition coefficient (Wildman–Crippen LogP) is 4.03. The van der Waals surface area contributed by atoms with Crippen molar-refractivity contribution >= 4 is 16.7 Å². The third-order valence-electron chi connectivity index (χ3n) is 3.40. The highest BCUT2D eigenvalue weighted by atomic mass is 16.6. The zero-order valence-electron chi connectivity index (χ0n) is 11.1. The van der Waals surface area contributed by atoms with Crippen LogP contribution in [0.5, 0.6) is 0 Å². The van der Waals surface area contributed by atoms with E-state index in [1.165, 1.54) is 17.7 Å². The Morgan fingerprint density at radius 2 is 1.83 bits per heavy atom. The number of rotatable bonds is 3. The minimum Gasteiger partial charge on any atom is -0.455 e. The lowest BCUT2D eigenvalue weighted by Crippen LogP contribution is -2.27. The summed E-state index contributed by atoms with van der Waals surface area (Å²) in [5.41, 5.74) is 0.495. The number of carbonyl (C=O) groups is 1. The largest absolute Gasteiger partial charge is 0.455 e. The molecule has 0 saturated carbocycles. The van der Waals surface area contributed by atoms with Crippen LogP contribution in [0.3, 0.4) is 0 Å². The lowest BCUT2D eigenvalue weighted by molar-refractivity contribution is -0.156. The highest BCUT2D eigenvalue weighted by Crippen LogP contribution is 2.31. The summed E-state index contributed by atoms with van der Waals surface area (Å²) in [5.74, 6) is -0.243. The van der Waals surface area contributed by atoms with Crippen molar-refractivity contribution in [2.24, 2.45) is 0 Å². The SMILES string of the molecule is CCC(C)(OC(C)=O)c1ccc2ccccc2c1. The predicted molar refractivity (Wildman–Crippen MR) is 73.4 cm³/mol. The number of benzene rings is 2. The van der Waals surface area contributed by atoms with Crippen LogP contribution < -0.4 is 0 Å². The van der Waals surface area contributed by atoms with Gasteiger partial charge in [0.25, 0.3) is 0 Å². The standard InChI is InChI=1S/C16H18O2/c1-4-16(3,18-12(2)17)15-10-9-13-7-5-6-8-14(13)11-15/h5-11H,4H2,1-3H3. The molecule has 2 heteroatoms. The molecule has 1 unspecified atom stereocenters. The number of esters is 1. The maximum absolute atomic E-state index is 11.2. The quantitative estimate of drug-likeness (QED) is 0.760. The van der Waals surface area contributed by atoms with Gasteiger partial charge in [-0.25, -0.2) is 0 Å². The molecule has 0 aliphatic heterocycles. The van der Waals surface area contributed by atoms with Crippen molar-refractivity contribution in [2.75, 3.05) is 0 Å². The Morgan fingerprint density at radius 1 is 1.17 bits per heavy atom. The van der Waals surface area contributed by atoms with Gasteiger partial charge in [0.2, 0.25) is 0 Å². The summed E-state index contributed by atoms with van der Waals surface area (Å²) in [6.45, 7) is 5.44. The molecule has 0 N–H and O–H groups in total. The fourth-order valence-corrected chi connectivity index (χ4v) is 2.17. The van der Waals surface area contributed by atoms with Crippen molar-refractivity contribution in [1.29, 1.82) is 0 Å². The van der Waals surface area contributed by atoms with E-state index in [2.05, 4.69) is 24.3 Å². The fraction of sp³-hybridized carbons (Fsp3) is 0.312. The van der Waals surface area contributed by atoms with Crippen LogP contribution in [0.4, 0.5) is 0 Å². The molecule has 2 nitrogen and oxygen atoms in total. The minimum atomic E-state index is -0.546. The van der Waals surface area contributed by atoms with Gasteiger partial charge >= 0.3 is 5.97 Å². The van der Waals surface area contributed by atoms with Crippen LogP contribution in [0.2, 0.25) is 0 Å². The maximum atomic E-state index is 11.2. The fourth-order valence-electron chi connectivity index (χ4n) is 2.17. The summed E-state index contributed by atoms with van der Waals surface area (Å²) < 4.78 is 5.48. The summed E-state index contributed by atoms with van der Waals surface area (Å²) in [7, 11) is 0. The molecule has 0 aromatic heterocycles.